The molecule has 0 aliphatic carbocycles. The quantitative estimate of drug-likeness (QED) is 0.846. The molecule has 0 aromatic heterocycles. The van der Waals surface area contributed by atoms with Gasteiger partial charge in [0.1, 0.15) is 12.4 Å². The van der Waals surface area contributed by atoms with Crippen molar-refractivity contribution in [3.63, 3.8) is 0 Å². The van der Waals surface area contributed by atoms with Crippen molar-refractivity contribution in [3.05, 3.63) is 59.2 Å². The molecule has 26 heavy (non-hydrogen) atoms. The van der Waals surface area contributed by atoms with Crippen molar-refractivity contribution in [1.82, 2.24) is 0 Å². The minimum atomic E-state index is -1.29. The second-order valence-electron chi connectivity index (χ2n) is 6.76. The van der Waals surface area contributed by atoms with Crippen molar-refractivity contribution in [2.75, 3.05) is 31.3 Å². The summed E-state index contributed by atoms with van der Waals surface area (Å²) >= 11 is 0. The van der Waals surface area contributed by atoms with Crippen LogP contribution in [0.4, 0.5) is 5.69 Å². The van der Waals surface area contributed by atoms with Crippen molar-refractivity contribution >= 4 is 11.6 Å². The Balaban J connectivity index is 1.57. The van der Waals surface area contributed by atoms with Crippen LogP contribution in [0, 0.1) is 13.8 Å². The van der Waals surface area contributed by atoms with Crippen molar-refractivity contribution in [2.45, 2.75) is 26.1 Å². The summed E-state index contributed by atoms with van der Waals surface area (Å²) in [4.78, 5) is 15.0. The van der Waals surface area contributed by atoms with Gasteiger partial charge in [0.25, 0.3) is 11.7 Å². The van der Waals surface area contributed by atoms with E-state index in [1.54, 1.807) is 4.90 Å². The zero-order valence-electron chi connectivity index (χ0n) is 15.2. The molecule has 1 amide bonds. The van der Waals surface area contributed by atoms with Gasteiger partial charge in [-0.2, -0.15) is 0 Å². The summed E-state index contributed by atoms with van der Waals surface area (Å²) in [5.41, 5.74) is 3.86. The van der Waals surface area contributed by atoms with Gasteiger partial charge in [0.05, 0.1) is 25.4 Å². The maximum absolute atomic E-state index is 13.2. The summed E-state index contributed by atoms with van der Waals surface area (Å²) in [5.74, 6) is -0.640. The van der Waals surface area contributed by atoms with Crippen LogP contribution in [-0.2, 0) is 20.1 Å². The van der Waals surface area contributed by atoms with Gasteiger partial charge in [-0.25, -0.2) is 0 Å². The van der Waals surface area contributed by atoms with E-state index in [1.807, 2.05) is 56.3 Å². The number of aryl methyl sites for hydroxylation is 2. The molecule has 2 aliphatic rings. The van der Waals surface area contributed by atoms with Crippen LogP contribution in [0.3, 0.4) is 0 Å². The number of hydrogen-bond donors (Lipinski definition) is 0. The van der Waals surface area contributed by atoms with Gasteiger partial charge in [-0.05, 0) is 43.5 Å². The Morgan fingerprint density at radius 2 is 1.88 bits per heavy atom. The fourth-order valence-corrected chi connectivity index (χ4v) is 3.66. The van der Waals surface area contributed by atoms with Crippen molar-refractivity contribution < 1.29 is 19.0 Å². The molecule has 0 atom stereocenters. The second-order valence-corrected chi connectivity index (χ2v) is 6.76. The third-order valence-corrected chi connectivity index (χ3v) is 4.86. The summed E-state index contributed by atoms with van der Waals surface area (Å²) in [6.07, 6.45) is 0.798. The predicted octanol–water partition coefficient (Wildman–Crippen LogP) is 3.32. The Hall–Kier alpha value is -2.37. The van der Waals surface area contributed by atoms with Gasteiger partial charge >= 0.3 is 0 Å². The molecular formula is C21H23NO4. The minimum Gasteiger partial charge on any atom is -0.492 e. The third-order valence-electron chi connectivity index (χ3n) is 4.86. The van der Waals surface area contributed by atoms with Crippen LogP contribution in [0.25, 0.3) is 0 Å². The zero-order chi connectivity index (χ0) is 18.1. The number of carbonyl (C=O) groups excluding carboxylic acids is 1. The Labute approximate surface area is 153 Å². The van der Waals surface area contributed by atoms with Gasteiger partial charge in [0.15, 0.2) is 0 Å². The second kappa shape index (κ2) is 6.74. The number of ether oxygens (including phenoxy) is 3. The minimum absolute atomic E-state index is 0.158. The van der Waals surface area contributed by atoms with Gasteiger partial charge < -0.3 is 19.1 Å². The molecule has 2 aromatic carbocycles. The maximum Gasteiger partial charge on any atom is 0.292 e. The average molecular weight is 353 g/mol. The first-order valence-corrected chi connectivity index (χ1v) is 9.01. The molecular weight excluding hydrogens is 330 g/mol. The number of rotatable bonds is 4. The normalized spacial score (nSPS) is 18.2. The molecule has 2 heterocycles. The summed E-state index contributed by atoms with van der Waals surface area (Å²) in [5, 5.41) is 0. The lowest BCUT2D eigenvalue weighted by molar-refractivity contribution is -0.256. The van der Waals surface area contributed by atoms with Crippen LogP contribution in [-0.4, -0.2) is 32.3 Å². The summed E-state index contributed by atoms with van der Waals surface area (Å²) < 4.78 is 17.6. The van der Waals surface area contributed by atoms with Crippen molar-refractivity contribution in [2.24, 2.45) is 0 Å². The number of hydrogen-bond acceptors (Lipinski definition) is 4. The molecule has 0 saturated carbocycles. The predicted molar refractivity (Wildman–Crippen MR) is 98.4 cm³/mol. The van der Waals surface area contributed by atoms with Crippen molar-refractivity contribution in [1.29, 1.82) is 0 Å². The van der Waals surface area contributed by atoms with E-state index in [2.05, 4.69) is 0 Å². The van der Waals surface area contributed by atoms with E-state index in [-0.39, 0.29) is 5.91 Å². The molecule has 1 spiro atoms. The first kappa shape index (κ1) is 17.1. The van der Waals surface area contributed by atoms with E-state index >= 15 is 0 Å². The average Bonchev–Trinajstić information content (AvgIpc) is 2.86. The molecule has 4 rings (SSSR count). The van der Waals surface area contributed by atoms with Crippen molar-refractivity contribution in [3.8, 4) is 5.75 Å². The van der Waals surface area contributed by atoms with Crippen LogP contribution in [0.2, 0.25) is 0 Å². The van der Waals surface area contributed by atoms with E-state index in [0.717, 1.165) is 34.5 Å². The molecule has 0 radical (unpaired) electrons. The highest BCUT2D eigenvalue weighted by Gasteiger charge is 2.55. The molecule has 1 fully saturated rings. The summed E-state index contributed by atoms with van der Waals surface area (Å²) in [6.45, 7) is 5.91. The van der Waals surface area contributed by atoms with E-state index in [1.165, 1.54) is 0 Å². The topological polar surface area (TPSA) is 48.0 Å². The number of nitrogens with zero attached hydrogens (tertiary/aromatic N) is 1. The summed E-state index contributed by atoms with van der Waals surface area (Å²) in [6, 6.07) is 13.8. The lowest BCUT2D eigenvalue weighted by atomic mass is 10.0. The molecule has 136 valence electrons. The van der Waals surface area contributed by atoms with Gasteiger partial charge in [-0.3, -0.25) is 4.79 Å². The smallest absolute Gasteiger partial charge is 0.292 e. The zero-order valence-corrected chi connectivity index (χ0v) is 15.2. The number of fused-ring (bicyclic) bond motifs is 2. The Morgan fingerprint density at radius 1 is 1.12 bits per heavy atom. The van der Waals surface area contributed by atoms with Crippen LogP contribution >= 0.6 is 0 Å². The van der Waals surface area contributed by atoms with E-state index < -0.39 is 5.79 Å². The molecule has 2 aromatic rings. The van der Waals surface area contributed by atoms with E-state index in [0.29, 0.717) is 26.4 Å². The Morgan fingerprint density at radius 3 is 2.65 bits per heavy atom. The first-order chi connectivity index (χ1) is 12.6. The molecule has 1 saturated heterocycles. The monoisotopic (exact) mass is 353 g/mol. The molecule has 0 unspecified atom stereocenters. The molecule has 0 N–H and O–H groups in total. The van der Waals surface area contributed by atoms with Gasteiger partial charge in [0, 0.05) is 5.56 Å². The maximum atomic E-state index is 13.2. The van der Waals surface area contributed by atoms with Crippen LogP contribution in [0.15, 0.2) is 42.5 Å². The third kappa shape index (κ3) is 2.77. The Bertz CT molecular complexity index is 827. The molecule has 2 aliphatic heterocycles. The van der Waals surface area contributed by atoms with E-state index in [9.17, 15) is 4.79 Å². The fraction of sp³-hybridized carbons (Fsp3) is 0.381. The van der Waals surface area contributed by atoms with Crippen LogP contribution in [0.5, 0.6) is 5.75 Å². The highest BCUT2D eigenvalue weighted by molar-refractivity contribution is 6.06. The molecule has 5 nitrogen and oxygen atoms in total. The highest BCUT2D eigenvalue weighted by atomic mass is 16.7. The Kier molecular flexibility index (Phi) is 4.42. The number of para-hydroxylation sites is 1. The standard InChI is InChI=1S/C21H23NO4/c1-15-6-3-8-17(14-15)24-13-10-22-19-16(2)7-4-9-18(19)21(20(22)23)25-11-5-12-26-21/h3-4,6-9,14H,5,10-13H2,1-2H3. The number of anilines is 1. The largest absolute Gasteiger partial charge is 0.492 e. The number of amides is 1. The molecule has 0 bridgehead atoms. The molecule has 5 heteroatoms. The summed E-state index contributed by atoms with van der Waals surface area (Å²) in [7, 11) is 0. The van der Waals surface area contributed by atoms with Crippen LogP contribution < -0.4 is 9.64 Å². The van der Waals surface area contributed by atoms with Gasteiger partial charge in [0.2, 0.25) is 0 Å². The van der Waals surface area contributed by atoms with Crippen LogP contribution in [0.1, 0.15) is 23.1 Å². The van der Waals surface area contributed by atoms with Gasteiger partial charge in [-0.15, -0.1) is 0 Å². The number of benzene rings is 2. The lowest BCUT2D eigenvalue weighted by Gasteiger charge is -2.32. The fourth-order valence-electron chi connectivity index (χ4n) is 3.66. The first-order valence-electron chi connectivity index (χ1n) is 9.01. The SMILES string of the molecule is Cc1cccc(OCCN2C(=O)C3(OCCCO3)c3cccc(C)c32)c1. The lowest BCUT2D eigenvalue weighted by Crippen LogP contribution is -2.48. The number of carbonyl (C=O) groups is 1. The highest BCUT2D eigenvalue weighted by Crippen LogP contribution is 2.46. The van der Waals surface area contributed by atoms with E-state index in [4.69, 9.17) is 14.2 Å². The van der Waals surface area contributed by atoms with Gasteiger partial charge in [-0.1, -0.05) is 30.3 Å².